The van der Waals surface area contributed by atoms with Crippen molar-refractivity contribution in [2.24, 2.45) is 4.99 Å². The van der Waals surface area contributed by atoms with Gasteiger partial charge in [-0.1, -0.05) is 53.3 Å². The number of aromatic nitrogens is 1. The molecule has 0 unspecified atom stereocenters. The SMILES string of the molecule is CCOC(=O)C1=C(C(F)(F)F)N=c2s/c(=C\c3cc(Br)c(OCc4ccccc4F)c(Br)c3)c(=O)n2[C@@H]1c1ccc(Cl)cc1. The van der Waals surface area contributed by atoms with E-state index in [1.165, 1.54) is 43.3 Å². The summed E-state index contributed by atoms with van der Waals surface area (Å²) in [4.78, 5) is 30.3. The summed E-state index contributed by atoms with van der Waals surface area (Å²) in [6.45, 7) is 1.23. The van der Waals surface area contributed by atoms with Gasteiger partial charge < -0.3 is 9.47 Å². The van der Waals surface area contributed by atoms with Crippen molar-refractivity contribution in [3.63, 3.8) is 0 Å². The third-order valence-corrected chi connectivity index (χ3v) is 8.84. The molecule has 4 aromatic rings. The van der Waals surface area contributed by atoms with Crippen molar-refractivity contribution in [3.8, 4) is 5.75 Å². The van der Waals surface area contributed by atoms with Gasteiger partial charge in [0, 0.05) is 10.6 Å². The molecule has 1 aliphatic rings. The number of carbonyl (C=O) groups excluding carboxylic acids is 1. The lowest BCUT2D eigenvalue weighted by molar-refractivity contribution is -0.140. The number of esters is 1. The van der Waals surface area contributed by atoms with Crippen molar-refractivity contribution in [1.29, 1.82) is 0 Å². The molecule has 6 nitrogen and oxygen atoms in total. The molecule has 0 saturated heterocycles. The average molecular weight is 775 g/mol. The van der Waals surface area contributed by atoms with Gasteiger partial charge in [0.25, 0.3) is 5.56 Å². The summed E-state index contributed by atoms with van der Waals surface area (Å²) in [5.74, 6) is -1.27. The van der Waals surface area contributed by atoms with Gasteiger partial charge >= 0.3 is 12.1 Å². The number of ether oxygens (including phenoxy) is 2. The third-order valence-electron chi connectivity index (χ3n) is 6.43. The van der Waals surface area contributed by atoms with Gasteiger partial charge in [-0.25, -0.2) is 14.2 Å². The topological polar surface area (TPSA) is 69.9 Å². The van der Waals surface area contributed by atoms with E-state index < -0.39 is 40.8 Å². The van der Waals surface area contributed by atoms with Crippen molar-refractivity contribution >= 4 is 66.8 Å². The van der Waals surface area contributed by atoms with Crippen LogP contribution in [0.4, 0.5) is 17.6 Å². The highest BCUT2D eigenvalue weighted by Gasteiger charge is 2.45. The van der Waals surface area contributed by atoms with E-state index in [9.17, 15) is 27.2 Å². The van der Waals surface area contributed by atoms with Gasteiger partial charge in [0.05, 0.1) is 31.7 Å². The van der Waals surface area contributed by atoms with Gasteiger partial charge in [-0.15, -0.1) is 0 Å². The van der Waals surface area contributed by atoms with E-state index in [-0.39, 0.29) is 28.1 Å². The van der Waals surface area contributed by atoms with Crippen LogP contribution < -0.4 is 19.6 Å². The molecule has 0 bridgehead atoms. The molecule has 5 rings (SSSR count). The normalized spacial score (nSPS) is 15.2. The summed E-state index contributed by atoms with van der Waals surface area (Å²) in [6.07, 6.45) is -3.53. The van der Waals surface area contributed by atoms with Crippen LogP contribution in [0.3, 0.4) is 0 Å². The van der Waals surface area contributed by atoms with Crippen molar-refractivity contribution in [3.05, 3.63) is 128 Å². The minimum Gasteiger partial charge on any atom is -0.486 e. The summed E-state index contributed by atoms with van der Waals surface area (Å²) >= 11 is 13.6. The number of fused-ring (bicyclic) bond motifs is 1. The quantitative estimate of drug-likeness (QED) is 0.147. The second-order valence-corrected chi connectivity index (χ2v) is 12.5. The van der Waals surface area contributed by atoms with Crippen LogP contribution in [0.5, 0.6) is 5.75 Å². The molecule has 0 N–H and O–H groups in total. The van der Waals surface area contributed by atoms with E-state index in [2.05, 4.69) is 36.9 Å². The highest BCUT2D eigenvalue weighted by atomic mass is 79.9. The number of rotatable bonds is 7. The molecule has 0 amide bonds. The molecule has 0 spiro atoms. The van der Waals surface area contributed by atoms with Crippen LogP contribution in [-0.2, 0) is 16.1 Å². The van der Waals surface area contributed by atoms with Gasteiger partial charge in [0.2, 0.25) is 0 Å². The summed E-state index contributed by atoms with van der Waals surface area (Å²) in [6, 6.07) is 13.8. The van der Waals surface area contributed by atoms with Gasteiger partial charge in [-0.05, 0) is 86.3 Å². The first-order chi connectivity index (χ1) is 20.9. The fraction of sp³-hybridized carbons (Fsp3) is 0.167. The van der Waals surface area contributed by atoms with Crippen molar-refractivity contribution in [2.45, 2.75) is 25.7 Å². The Hall–Kier alpha value is -3.26. The standard InChI is InChI=1S/C30H19Br2ClF4N2O4S/c1-2-42-28(41)23-24(16-7-9-18(33)10-8-16)39-27(40)22(44-29(39)38-26(23)30(35,36)37)13-15-11-19(31)25(20(32)12-15)43-14-17-5-3-4-6-21(17)34/h3-13,24H,2,14H2,1H3/b22-13-/t24-/m1/s1. The Balaban J connectivity index is 1.63. The van der Waals surface area contributed by atoms with Crippen LogP contribution in [0.25, 0.3) is 6.08 Å². The van der Waals surface area contributed by atoms with Crippen LogP contribution in [0, 0.1) is 5.82 Å². The fourth-order valence-electron chi connectivity index (χ4n) is 4.52. The number of benzene rings is 3. The van der Waals surface area contributed by atoms with Gasteiger partial charge in [0.1, 0.15) is 18.2 Å². The maximum Gasteiger partial charge on any atom is 0.434 e. The van der Waals surface area contributed by atoms with E-state index >= 15 is 0 Å². The Morgan fingerprint density at radius 3 is 2.39 bits per heavy atom. The van der Waals surface area contributed by atoms with E-state index in [4.69, 9.17) is 21.1 Å². The minimum absolute atomic E-state index is 0.0448. The molecule has 0 radical (unpaired) electrons. The van der Waals surface area contributed by atoms with Crippen molar-refractivity contribution in [1.82, 2.24) is 4.57 Å². The molecular formula is C30H19Br2ClF4N2O4S. The molecule has 1 aliphatic heterocycles. The van der Waals surface area contributed by atoms with Gasteiger partial charge in [-0.2, -0.15) is 13.2 Å². The average Bonchev–Trinajstić information content (AvgIpc) is 3.27. The molecule has 0 aliphatic carbocycles. The van der Waals surface area contributed by atoms with Crippen LogP contribution in [0.1, 0.15) is 29.7 Å². The van der Waals surface area contributed by atoms with Crippen molar-refractivity contribution < 1.29 is 31.8 Å². The summed E-state index contributed by atoms with van der Waals surface area (Å²) in [5, 5.41) is 0.316. The van der Waals surface area contributed by atoms with Crippen molar-refractivity contribution in [2.75, 3.05) is 6.61 Å². The number of allylic oxidation sites excluding steroid dienone is 1. The van der Waals surface area contributed by atoms with E-state index in [0.29, 0.717) is 30.8 Å². The fourth-order valence-corrected chi connectivity index (χ4v) is 7.10. The van der Waals surface area contributed by atoms with Crippen LogP contribution >= 0.6 is 54.8 Å². The van der Waals surface area contributed by atoms with Crippen LogP contribution in [0.15, 0.2) is 90.7 Å². The molecule has 3 aromatic carbocycles. The Morgan fingerprint density at radius 1 is 1.11 bits per heavy atom. The molecule has 1 aromatic heterocycles. The number of hydrogen-bond acceptors (Lipinski definition) is 6. The predicted molar refractivity (Wildman–Crippen MR) is 165 cm³/mol. The third kappa shape index (κ3) is 6.56. The molecule has 228 valence electrons. The lowest BCUT2D eigenvalue weighted by atomic mass is 9.95. The summed E-state index contributed by atoms with van der Waals surface area (Å²) in [5.41, 5.74) is -1.84. The molecule has 0 fully saturated rings. The first-order valence-corrected chi connectivity index (χ1v) is 15.6. The second kappa shape index (κ2) is 13.0. The Kier molecular flexibility index (Phi) is 9.49. The first kappa shape index (κ1) is 32.1. The highest BCUT2D eigenvalue weighted by molar-refractivity contribution is 9.11. The number of thiazole rings is 1. The number of hydrogen-bond donors (Lipinski definition) is 0. The number of nitrogens with zero attached hydrogens (tertiary/aromatic N) is 2. The zero-order chi connectivity index (χ0) is 31.8. The monoisotopic (exact) mass is 772 g/mol. The predicted octanol–water partition coefficient (Wildman–Crippen LogP) is 7.24. The largest absolute Gasteiger partial charge is 0.486 e. The van der Waals surface area contributed by atoms with Crippen LogP contribution in [0.2, 0.25) is 5.02 Å². The lowest BCUT2D eigenvalue weighted by Crippen LogP contribution is -2.41. The Labute approximate surface area is 273 Å². The summed E-state index contributed by atoms with van der Waals surface area (Å²) < 4.78 is 69.8. The number of alkyl halides is 3. The van der Waals surface area contributed by atoms with E-state index in [0.717, 1.165) is 15.9 Å². The Morgan fingerprint density at radius 2 is 1.77 bits per heavy atom. The van der Waals surface area contributed by atoms with E-state index in [1.807, 2.05) is 0 Å². The molecule has 14 heteroatoms. The Bertz CT molecular complexity index is 1950. The van der Waals surface area contributed by atoms with Gasteiger partial charge in [-0.3, -0.25) is 9.36 Å². The number of carbonyl (C=O) groups is 1. The molecule has 2 heterocycles. The number of halogens is 7. The van der Waals surface area contributed by atoms with Crippen LogP contribution in [-0.4, -0.2) is 23.3 Å². The maximum absolute atomic E-state index is 14.3. The minimum atomic E-state index is -5.02. The molecule has 44 heavy (non-hydrogen) atoms. The van der Waals surface area contributed by atoms with E-state index in [1.54, 1.807) is 30.3 Å². The molecular weight excluding hydrogens is 756 g/mol. The molecule has 0 saturated carbocycles. The highest BCUT2D eigenvalue weighted by Crippen LogP contribution is 2.39. The molecule has 1 atom stereocenters. The first-order valence-electron chi connectivity index (χ1n) is 12.8. The lowest BCUT2D eigenvalue weighted by Gasteiger charge is -2.26. The smallest absolute Gasteiger partial charge is 0.434 e. The second-order valence-electron chi connectivity index (χ2n) is 9.31. The summed E-state index contributed by atoms with van der Waals surface area (Å²) in [7, 11) is 0. The zero-order valence-electron chi connectivity index (χ0n) is 22.4. The van der Waals surface area contributed by atoms with Gasteiger partial charge in [0.15, 0.2) is 10.5 Å². The maximum atomic E-state index is 14.3. The zero-order valence-corrected chi connectivity index (χ0v) is 27.2.